The largest absolute Gasteiger partial charge is 0.490 e. The third-order valence-corrected chi connectivity index (χ3v) is 5.25. The van der Waals surface area contributed by atoms with Crippen LogP contribution in [0.4, 0.5) is 5.69 Å². The summed E-state index contributed by atoms with van der Waals surface area (Å²) in [5.74, 6) is 0.879. The minimum absolute atomic E-state index is 0.0240. The van der Waals surface area contributed by atoms with Gasteiger partial charge in [-0.15, -0.1) is 5.10 Å². The van der Waals surface area contributed by atoms with Crippen molar-refractivity contribution in [3.05, 3.63) is 59.9 Å². The SMILES string of the molecule is Cc1ccc(-n2cnnn2)cc1NC(=O)CCc1cccc(OC2CCCC2)c1. The number of nitrogens with one attached hydrogen (secondary N) is 1. The van der Waals surface area contributed by atoms with Crippen LogP contribution >= 0.6 is 0 Å². The first kappa shape index (κ1) is 19.1. The fourth-order valence-electron chi connectivity index (χ4n) is 3.61. The maximum Gasteiger partial charge on any atom is 0.224 e. The van der Waals surface area contributed by atoms with Gasteiger partial charge in [-0.3, -0.25) is 4.79 Å². The fraction of sp³-hybridized carbons (Fsp3) is 0.364. The molecule has 3 aromatic rings. The zero-order valence-electron chi connectivity index (χ0n) is 16.5. The smallest absolute Gasteiger partial charge is 0.224 e. The molecule has 1 aromatic heterocycles. The molecule has 7 nitrogen and oxygen atoms in total. The summed E-state index contributed by atoms with van der Waals surface area (Å²) in [5.41, 5.74) is 3.66. The summed E-state index contributed by atoms with van der Waals surface area (Å²) in [4.78, 5) is 12.5. The second-order valence-electron chi connectivity index (χ2n) is 7.47. The Bertz CT molecular complexity index is 965. The molecule has 0 saturated heterocycles. The van der Waals surface area contributed by atoms with E-state index in [4.69, 9.17) is 4.74 Å². The maximum absolute atomic E-state index is 12.5. The molecule has 1 aliphatic carbocycles. The molecule has 1 heterocycles. The van der Waals surface area contributed by atoms with Crippen LogP contribution < -0.4 is 10.1 Å². The zero-order valence-corrected chi connectivity index (χ0v) is 16.5. The van der Waals surface area contributed by atoms with Gasteiger partial charge in [-0.25, -0.2) is 4.68 Å². The summed E-state index contributed by atoms with van der Waals surface area (Å²) >= 11 is 0. The van der Waals surface area contributed by atoms with Crippen molar-refractivity contribution in [1.29, 1.82) is 0 Å². The number of carbonyl (C=O) groups is 1. The lowest BCUT2D eigenvalue weighted by Crippen LogP contribution is -2.14. The van der Waals surface area contributed by atoms with Crippen LogP contribution in [0.15, 0.2) is 48.8 Å². The summed E-state index contributed by atoms with van der Waals surface area (Å²) in [6.45, 7) is 1.96. The molecule has 7 heteroatoms. The summed E-state index contributed by atoms with van der Waals surface area (Å²) in [5, 5.41) is 14.2. The predicted octanol–water partition coefficient (Wildman–Crippen LogP) is 3.86. The van der Waals surface area contributed by atoms with E-state index in [0.717, 1.165) is 41.1 Å². The van der Waals surface area contributed by atoms with Crippen LogP contribution in [0, 0.1) is 6.92 Å². The number of benzene rings is 2. The highest BCUT2D eigenvalue weighted by Crippen LogP contribution is 2.25. The lowest BCUT2D eigenvalue weighted by atomic mass is 10.1. The van der Waals surface area contributed by atoms with Gasteiger partial charge in [0.25, 0.3) is 0 Å². The minimum atomic E-state index is -0.0240. The minimum Gasteiger partial charge on any atom is -0.490 e. The van der Waals surface area contributed by atoms with Crippen molar-refractivity contribution in [3.8, 4) is 11.4 Å². The van der Waals surface area contributed by atoms with Gasteiger partial charge >= 0.3 is 0 Å². The molecule has 0 unspecified atom stereocenters. The Kier molecular flexibility index (Phi) is 5.84. The quantitative estimate of drug-likeness (QED) is 0.661. The Morgan fingerprint density at radius 3 is 2.86 bits per heavy atom. The molecule has 0 bridgehead atoms. The second-order valence-corrected chi connectivity index (χ2v) is 7.47. The van der Waals surface area contributed by atoms with Crippen molar-refractivity contribution in [2.45, 2.75) is 51.6 Å². The molecule has 1 N–H and O–H groups in total. The van der Waals surface area contributed by atoms with E-state index in [0.29, 0.717) is 18.9 Å². The first-order chi connectivity index (χ1) is 14.2. The summed E-state index contributed by atoms with van der Waals surface area (Å²) < 4.78 is 7.62. The lowest BCUT2D eigenvalue weighted by molar-refractivity contribution is -0.116. The van der Waals surface area contributed by atoms with E-state index in [1.54, 1.807) is 4.68 Å². The van der Waals surface area contributed by atoms with E-state index in [2.05, 4.69) is 26.9 Å². The number of rotatable bonds is 7. The molecule has 2 aromatic carbocycles. The third kappa shape index (κ3) is 4.99. The van der Waals surface area contributed by atoms with Gasteiger partial charge in [0.2, 0.25) is 5.91 Å². The van der Waals surface area contributed by atoms with E-state index >= 15 is 0 Å². The zero-order chi connectivity index (χ0) is 20.1. The van der Waals surface area contributed by atoms with Crippen LogP contribution in [0.25, 0.3) is 5.69 Å². The van der Waals surface area contributed by atoms with Crippen molar-refractivity contribution in [2.24, 2.45) is 0 Å². The third-order valence-electron chi connectivity index (χ3n) is 5.25. The number of nitrogens with zero attached hydrogens (tertiary/aromatic N) is 4. The number of tetrazole rings is 1. The van der Waals surface area contributed by atoms with E-state index in [1.807, 2.05) is 43.3 Å². The van der Waals surface area contributed by atoms with Gasteiger partial charge in [0.15, 0.2) is 0 Å². The molecule has 29 heavy (non-hydrogen) atoms. The number of anilines is 1. The van der Waals surface area contributed by atoms with Gasteiger partial charge in [-0.1, -0.05) is 18.2 Å². The van der Waals surface area contributed by atoms with Gasteiger partial charge < -0.3 is 10.1 Å². The van der Waals surface area contributed by atoms with Crippen molar-refractivity contribution in [3.63, 3.8) is 0 Å². The summed E-state index contributed by atoms with van der Waals surface area (Å²) in [7, 11) is 0. The predicted molar refractivity (Wildman–Crippen MR) is 110 cm³/mol. The van der Waals surface area contributed by atoms with Crippen LogP contribution in [-0.4, -0.2) is 32.2 Å². The first-order valence-corrected chi connectivity index (χ1v) is 10.1. The highest BCUT2D eigenvalue weighted by Gasteiger charge is 2.16. The molecule has 1 aliphatic rings. The number of carbonyl (C=O) groups excluding carboxylic acids is 1. The topological polar surface area (TPSA) is 81.9 Å². The fourth-order valence-corrected chi connectivity index (χ4v) is 3.61. The van der Waals surface area contributed by atoms with Gasteiger partial charge in [0.1, 0.15) is 12.1 Å². The molecule has 150 valence electrons. The molecule has 1 amide bonds. The summed E-state index contributed by atoms with van der Waals surface area (Å²) in [6, 6.07) is 13.8. The molecule has 0 atom stereocenters. The highest BCUT2D eigenvalue weighted by molar-refractivity contribution is 5.92. The monoisotopic (exact) mass is 391 g/mol. The Morgan fingerprint density at radius 2 is 2.07 bits per heavy atom. The number of hydrogen-bond acceptors (Lipinski definition) is 5. The van der Waals surface area contributed by atoms with E-state index in [-0.39, 0.29) is 5.91 Å². The van der Waals surface area contributed by atoms with Crippen molar-refractivity contribution >= 4 is 11.6 Å². The van der Waals surface area contributed by atoms with Gasteiger partial charge in [-0.2, -0.15) is 0 Å². The van der Waals surface area contributed by atoms with Crippen LogP contribution in [0.2, 0.25) is 0 Å². The van der Waals surface area contributed by atoms with E-state index in [1.165, 1.54) is 19.2 Å². The molecular weight excluding hydrogens is 366 g/mol. The molecule has 0 radical (unpaired) electrons. The normalized spacial score (nSPS) is 14.1. The Balaban J connectivity index is 1.35. The number of aromatic nitrogens is 4. The number of amides is 1. The average molecular weight is 391 g/mol. The second kappa shape index (κ2) is 8.86. The molecule has 1 saturated carbocycles. The first-order valence-electron chi connectivity index (χ1n) is 10.1. The lowest BCUT2D eigenvalue weighted by Gasteiger charge is -2.14. The van der Waals surface area contributed by atoms with Crippen LogP contribution in [-0.2, 0) is 11.2 Å². The van der Waals surface area contributed by atoms with Gasteiger partial charge in [0, 0.05) is 12.1 Å². The summed E-state index contributed by atoms with van der Waals surface area (Å²) in [6.07, 6.45) is 7.70. The van der Waals surface area contributed by atoms with Crippen LogP contribution in [0.1, 0.15) is 43.2 Å². The Hall–Kier alpha value is -3.22. The van der Waals surface area contributed by atoms with Crippen molar-refractivity contribution < 1.29 is 9.53 Å². The number of aryl methyl sites for hydroxylation is 2. The van der Waals surface area contributed by atoms with Crippen LogP contribution in [0.3, 0.4) is 0 Å². The van der Waals surface area contributed by atoms with Gasteiger partial charge in [0.05, 0.1) is 11.8 Å². The standard InChI is InChI=1S/C22H25N5O2/c1-16-9-11-18(27-15-23-25-26-27)14-21(16)24-22(28)12-10-17-5-4-8-20(13-17)29-19-6-2-3-7-19/h4-5,8-9,11,13-15,19H,2-3,6-7,10,12H2,1H3,(H,24,28). The molecule has 1 fully saturated rings. The van der Waals surface area contributed by atoms with Crippen molar-refractivity contribution in [2.75, 3.05) is 5.32 Å². The van der Waals surface area contributed by atoms with E-state index in [9.17, 15) is 4.79 Å². The van der Waals surface area contributed by atoms with Crippen molar-refractivity contribution in [1.82, 2.24) is 20.2 Å². The Morgan fingerprint density at radius 1 is 1.21 bits per heavy atom. The van der Waals surface area contributed by atoms with Crippen LogP contribution in [0.5, 0.6) is 5.75 Å². The molecule has 4 rings (SSSR count). The molecule has 0 aliphatic heterocycles. The number of hydrogen-bond donors (Lipinski definition) is 1. The maximum atomic E-state index is 12.5. The molecule has 0 spiro atoms. The highest BCUT2D eigenvalue weighted by atomic mass is 16.5. The Labute approximate surface area is 170 Å². The molecular formula is C22H25N5O2. The van der Waals surface area contributed by atoms with E-state index < -0.39 is 0 Å². The van der Waals surface area contributed by atoms with Gasteiger partial charge in [-0.05, 0) is 84.8 Å². The number of ether oxygens (including phenoxy) is 1. The average Bonchev–Trinajstić information content (AvgIpc) is 3.43.